The molecule has 9 heteroatoms. The number of aromatic nitrogens is 1. The summed E-state index contributed by atoms with van der Waals surface area (Å²) < 4.78 is 31.8. The molecular weight excluding hydrogens is 298 g/mol. The smallest absolute Gasteiger partial charge is 0.290 e. The number of nitrogens with one attached hydrogen (secondary N) is 1. The third-order valence-corrected chi connectivity index (χ3v) is 4.52. The van der Waals surface area contributed by atoms with E-state index in [0.29, 0.717) is 16.9 Å². The van der Waals surface area contributed by atoms with Crippen LogP contribution in [0.3, 0.4) is 0 Å². The highest BCUT2D eigenvalue weighted by Crippen LogP contribution is 2.30. The number of hydrogen-bond donors (Lipinski definition) is 1. The van der Waals surface area contributed by atoms with Gasteiger partial charge in [-0.05, 0) is 31.9 Å². The van der Waals surface area contributed by atoms with Gasteiger partial charge in [0.1, 0.15) is 5.76 Å². The van der Waals surface area contributed by atoms with Gasteiger partial charge in [0, 0.05) is 12.1 Å². The van der Waals surface area contributed by atoms with Crippen LogP contribution in [0.2, 0.25) is 0 Å². The average molecular weight is 311 g/mol. The number of nitro benzene ring substituents is 1. The molecule has 21 heavy (non-hydrogen) atoms. The molecule has 112 valence electrons. The molecule has 0 saturated carbocycles. The van der Waals surface area contributed by atoms with E-state index in [2.05, 4.69) is 9.88 Å². The fourth-order valence-corrected chi connectivity index (χ4v) is 3.32. The van der Waals surface area contributed by atoms with Crippen molar-refractivity contribution in [3.63, 3.8) is 0 Å². The summed E-state index contributed by atoms with van der Waals surface area (Å²) in [6, 6.07) is 4.06. The van der Waals surface area contributed by atoms with Gasteiger partial charge in [-0.1, -0.05) is 11.2 Å². The number of benzene rings is 1. The number of hydrogen-bond acceptors (Lipinski definition) is 6. The molecule has 0 aliphatic rings. The van der Waals surface area contributed by atoms with E-state index in [0.717, 1.165) is 0 Å². The Balaban J connectivity index is 2.58. The van der Waals surface area contributed by atoms with E-state index in [-0.39, 0.29) is 10.7 Å². The van der Waals surface area contributed by atoms with Gasteiger partial charge in [0.05, 0.1) is 4.92 Å². The number of aryl methyl sites for hydroxylation is 2. The zero-order chi connectivity index (χ0) is 15.8. The van der Waals surface area contributed by atoms with Gasteiger partial charge in [0.25, 0.3) is 15.7 Å². The molecule has 0 atom stereocenters. The fourth-order valence-electron chi connectivity index (χ4n) is 1.86. The van der Waals surface area contributed by atoms with Gasteiger partial charge in [-0.25, -0.2) is 8.42 Å². The first-order chi connectivity index (χ1) is 9.72. The predicted octanol–water partition coefficient (Wildman–Crippen LogP) is 2.31. The molecule has 0 radical (unpaired) electrons. The number of sulfonamides is 1. The second kappa shape index (κ2) is 5.17. The molecule has 0 bridgehead atoms. The highest BCUT2D eigenvalue weighted by atomic mass is 32.2. The van der Waals surface area contributed by atoms with Crippen molar-refractivity contribution in [3.05, 3.63) is 45.2 Å². The summed E-state index contributed by atoms with van der Waals surface area (Å²) in [5, 5.41) is 14.6. The van der Waals surface area contributed by atoms with Crippen molar-refractivity contribution in [2.75, 3.05) is 4.72 Å². The summed E-state index contributed by atoms with van der Waals surface area (Å²) in [4.78, 5) is 9.97. The van der Waals surface area contributed by atoms with E-state index in [1.807, 2.05) is 0 Å². The van der Waals surface area contributed by atoms with Crippen LogP contribution in [0.25, 0.3) is 0 Å². The molecular formula is C12H13N3O5S. The number of nitrogens with zero attached hydrogens (tertiary/aromatic N) is 2. The van der Waals surface area contributed by atoms with Crippen molar-refractivity contribution in [2.24, 2.45) is 0 Å². The minimum absolute atomic E-state index is 0.0253. The third kappa shape index (κ3) is 2.87. The molecule has 2 rings (SSSR count). The number of anilines is 1. The second-order valence-electron chi connectivity index (χ2n) is 4.54. The molecule has 2 aromatic rings. The molecule has 1 N–H and O–H groups in total. The molecule has 1 aromatic carbocycles. The molecule has 0 saturated heterocycles. The van der Waals surface area contributed by atoms with E-state index in [9.17, 15) is 18.5 Å². The van der Waals surface area contributed by atoms with Gasteiger partial charge in [0.15, 0.2) is 10.7 Å². The van der Waals surface area contributed by atoms with Crippen molar-refractivity contribution in [3.8, 4) is 0 Å². The largest absolute Gasteiger partial charge is 0.360 e. The van der Waals surface area contributed by atoms with E-state index < -0.39 is 20.6 Å². The van der Waals surface area contributed by atoms with Gasteiger partial charge in [-0.15, -0.1) is 0 Å². The summed E-state index contributed by atoms with van der Waals surface area (Å²) in [7, 11) is -4.14. The average Bonchev–Trinajstić information content (AvgIpc) is 2.76. The first-order valence-corrected chi connectivity index (χ1v) is 7.41. The summed E-state index contributed by atoms with van der Waals surface area (Å²) in [6.07, 6.45) is 0. The van der Waals surface area contributed by atoms with Gasteiger partial charge in [-0.3, -0.25) is 14.8 Å². The Kier molecular flexibility index (Phi) is 3.69. The molecule has 0 aliphatic heterocycles. The molecule has 1 heterocycles. The zero-order valence-electron chi connectivity index (χ0n) is 11.6. The van der Waals surface area contributed by atoms with Crippen LogP contribution in [0.5, 0.6) is 0 Å². The summed E-state index contributed by atoms with van der Waals surface area (Å²) in [6.45, 7) is 4.80. The lowest BCUT2D eigenvalue weighted by Crippen LogP contribution is -2.17. The summed E-state index contributed by atoms with van der Waals surface area (Å²) in [5.74, 6) is 0.394. The molecule has 0 fully saturated rings. The van der Waals surface area contributed by atoms with Crippen molar-refractivity contribution in [2.45, 2.75) is 25.7 Å². The van der Waals surface area contributed by atoms with E-state index in [1.165, 1.54) is 25.1 Å². The summed E-state index contributed by atoms with van der Waals surface area (Å²) in [5.41, 5.74) is 0.472. The van der Waals surface area contributed by atoms with Crippen LogP contribution in [-0.2, 0) is 10.0 Å². The van der Waals surface area contributed by atoms with Crippen LogP contribution in [0.15, 0.2) is 27.6 Å². The lowest BCUT2D eigenvalue weighted by Gasteiger charge is -2.10. The zero-order valence-corrected chi connectivity index (χ0v) is 12.4. The Morgan fingerprint density at radius 2 is 1.95 bits per heavy atom. The predicted molar refractivity (Wildman–Crippen MR) is 74.6 cm³/mol. The monoisotopic (exact) mass is 311 g/mol. The van der Waals surface area contributed by atoms with Crippen molar-refractivity contribution >= 4 is 21.5 Å². The minimum atomic E-state index is -4.14. The Hall–Kier alpha value is -2.42. The maximum absolute atomic E-state index is 12.4. The summed E-state index contributed by atoms with van der Waals surface area (Å²) >= 11 is 0. The quantitative estimate of drug-likeness (QED) is 0.684. The third-order valence-electron chi connectivity index (χ3n) is 2.99. The SMILES string of the molecule is Cc1cc(NS(=O)(=O)c2c([N+](=O)[O-])ccc(C)c2C)no1. The van der Waals surface area contributed by atoms with Crippen LogP contribution in [0.1, 0.15) is 16.9 Å². The molecule has 0 spiro atoms. The molecule has 0 unspecified atom stereocenters. The number of nitro groups is 1. The van der Waals surface area contributed by atoms with Crippen LogP contribution in [0, 0.1) is 30.9 Å². The normalized spacial score (nSPS) is 11.4. The van der Waals surface area contributed by atoms with Gasteiger partial charge < -0.3 is 4.52 Å². The lowest BCUT2D eigenvalue weighted by atomic mass is 10.1. The molecule has 0 aliphatic carbocycles. The maximum atomic E-state index is 12.4. The van der Waals surface area contributed by atoms with Crippen molar-refractivity contribution < 1.29 is 17.9 Å². The van der Waals surface area contributed by atoms with Crippen molar-refractivity contribution in [1.82, 2.24) is 5.16 Å². The van der Waals surface area contributed by atoms with Crippen LogP contribution >= 0.6 is 0 Å². The van der Waals surface area contributed by atoms with Crippen LogP contribution in [0.4, 0.5) is 11.5 Å². The van der Waals surface area contributed by atoms with Crippen molar-refractivity contribution in [1.29, 1.82) is 0 Å². The topological polar surface area (TPSA) is 115 Å². The Morgan fingerprint density at radius 1 is 1.29 bits per heavy atom. The standard InChI is InChI=1S/C12H13N3O5S/c1-7-4-5-10(15(16)17)12(9(7)3)21(18,19)14-11-6-8(2)20-13-11/h4-6H,1-3H3,(H,13,14). The Morgan fingerprint density at radius 3 is 2.48 bits per heavy atom. The van der Waals surface area contributed by atoms with E-state index in [1.54, 1.807) is 13.8 Å². The van der Waals surface area contributed by atoms with Gasteiger partial charge >= 0.3 is 0 Å². The highest BCUT2D eigenvalue weighted by molar-refractivity contribution is 7.93. The Bertz CT molecular complexity index is 810. The van der Waals surface area contributed by atoms with Crippen LogP contribution < -0.4 is 4.72 Å². The second-order valence-corrected chi connectivity index (χ2v) is 6.16. The lowest BCUT2D eigenvalue weighted by molar-refractivity contribution is -0.387. The number of rotatable bonds is 4. The van der Waals surface area contributed by atoms with E-state index >= 15 is 0 Å². The Labute approximate surface area is 121 Å². The molecule has 1 aromatic heterocycles. The molecule has 8 nitrogen and oxygen atoms in total. The fraction of sp³-hybridized carbons (Fsp3) is 0.250. The van der Waals surface area contributed by atoms with Gasteiger partial charge in [-0.2, -0.15) is 0 Å². The van der Waals surface area contributed by atoms with Crippen LogP contribution in [-0.4, -0.2) is 18.5 Å². The minimum Gasteiger partial charge on any atom is -0.360 e. The highest BCUT2D eigenvalue weighted by Gasteiger charge is 2.29. The first kappa shape index (κ1) is 15.0. The van der Waals surface area contributed by atoms with Gasteiger partial charge in [0.2, 0.25) is 0 Å². The maximum Gasteiger partial charge on any atom is 0.290 e. The molecule has 0 amide bonds. The van der Waals surface area contributed by atoms with E-state index in [4.69, 9.17) is 4.52 Å². The first-order valence-electron chi connectivity index (χ1n) is 5.93.